The molecule has 4 aromatic rings. The molecular weight excluding hydrogens is 555 g/mol. The van der Waals surface area contributed by atoms with E-state index in [2.05, 4.69) is 34.9 Å². The number of nitrogens with zero attached hydrogens (tertiary/aromatic N) is 8. The van der Waals surface area contributed by atoms with Gasteiger partial charge in [-0.1, -0.05) is 18.3 Å². The van der Waals surface area contributed by atoms with Crippen molar-refractivity contribution in [2.45, 2.75) is 13.3 Å². The molecule has 0 saturated carbocycles. The summed E-state index contributed by atoms with van der Waals surface area (Å²) in [6.07, 6.45) is 2.70. The van der Waals surface area contributed by atoms with Gasteiger partial charge in [-0.2, -0.15) is 10.4 Å². The maximum Gasteiger partial charge on any atom is 0.236 e. The van der Waals surface area contributed by atoms with Crippen LogP contribution in [0, 0.1) is 23.1 Å². The van der Waals surface area contributed by atoms with Gasteiger partial charge in [-0.25, -0.2) is 13.9 Å². The van der Waals surface area contributed by atoms with Crippen LogP contribution in [0.2, 0.25) is 0 Å². The number of hydrogen-bond donors (Lipinski definition) is 1. The first-order valence-corrected chi connectivity index (χ1v) is 15.0. The number of nitriles is 1. The van der Waals surface area contributed by atoms with Gasteiger partial charge < -0.3 is 19.8 Å². The first-order valence-electron chi connectivity index (χ1n) is 14.2. The Balaban J connectivity index is 1.21. The first kappa shape index (κ1) is 28.1. The number of rotatable bonds is 8. The number of aryl methyl sites for hydroxylation is 1. The largest absolute Gasteiger partial charge is 0.396 e. The highest BCUT2D eigenvalue weighted by atomic mass is 32.1. The van der Waals surface area contributed by atoms with Crippen molar-refractivity contribution in [3.8, 4) is 17.3 Å². The molecule has 0 unspecified atom stereocenters. The van der Waals surface area contributed by atoms with Gasteiger partial charge in [0.15, 0.2) is 5.13 Å². The van der Waals surface area contributed by atoms with Gasteiger partial charge >= 0.3 is 0 Å². The number of piperazine rings is 1. The zero-order valence-electron chi connectivity index (χ0n) is 23.7. The molecule has 0 aliphatic carbocycles. The van der Waals surface area contributed by atoms with Gasteiger partial charge in [-0.3, -0.25) is 9.69 Å². The van der Waals surface area contributed by atoms with Crippen LogP contribution in [0.15, 0.2) is 42.6 Å². The average Bonchev–Trinajstić information content (AvgIpc) is 3.58. The number of aliphatic hydroxyl groups is 1. The summed E-state index contributed by atoms with van der Waals surface area (Å²) in [4.78, 5) is 26.2. The molecule has 3 aromatic heterocycles. The quantitative estimate of drug-likeness (QED) is 0.334. The number of carbonyl (C=O) groups is 1. The van der Waals surface area contributed by atoms with Crippen LogP contribution >= 0.6 is 11.3 Å². The zero-order valence-corrected chi connectivity index (χ0v) is 24.5. The second kappa shape index (κ2) is 11.7. The highest BCUT2D eigenvalue weighted by Crippen LogP contribution is 2.39. The topological polar surface area (TPSA) is 104 Å². The smallest absolute Gasteiger partial charge is 0.236 e. The van der Waals surface area contributed by atoms with Crippen molar-refractivity contribution in [3.05, 3.63) is 59.0 Å². The Morgan fingerprint density at radius 2 is 1.93 bits per heavy atom. The number of carbonyl (C=O) groups excluding carboxylic acids is 1. The van der Waals surface area contributed by atoms with Crippen molar-refractivity contribution in [2.75, 3.05) is 69.3 Å². The lowest BCUT2D eigenvalue weighted by Crippen LogP contribution is -2.56. The summed E-state index contributed by atoms with van der Waals surface area (Å²) in [6, 6.07) is 12.5. The maximum atomic E-state index is 13.5. The Morgan fingerprint density at radius 1 is 1.19 bits per heavy atom. The monoisotopic (exact) mass is 588 g/mol. The number of aromatic nitrogens is 3. The number of fused-ring (bicyclic) bond motifs is 1. The summed E-state index contributed by atoms with van der Waals surface area (Å²) >= 11 is 1.30. The third-order valence-electron chi connectivity index (χ3n) is 8.12. The van der Waals surface area contributed by atoms with Crippen molar-refractivity contribution in [1.29, 1.82) is 5.26 Å². The molecule has 2 aliphatic heterocycles. The molecule has 1 N–H and O–H groups in total. The van der Waals surface area contributed by atoms with Gasteiger partial charge in [0, 0.05) is 76.3 Å². The number of pyridine rings is 1. The summed E-state index contributed by atoms with van der Waals surface area (Å²) < 4.78 is 15.4. The lowest BCUT2D eigenvalue weighted by Gasteiger charge is -2.41. The molecule has 2 aliphatic rings. The van der Waals surface area contributed by atoms with Crippen molar-refractivity contribution in [1.82, 2.24) is 24.4 Å². The van der Waals surface area contributed by atoms with E-state index in [0.717, 1.165) is 55.2 Å². The standard InChI is InChI=1S/C30H33FN8O2S/c1-3-24-29(35(2)30-33-28(26(15-32)42-30)21-4-6-22(31)7-5-21)25-14-23(8-9-39(25)34-24)37-12-10-36(11-13-37)18-27(41)38-16-20(17-38)19-40/h4-9,14,20,40H,3,10-13,16-19H2,1-2H3. The summed E-state index contributed by atoms with van der Waals surface area (Å²) in [6.45, 7) is 7.14. The van der Waals surface area contributed by atoms with Crippen molar-refractivity contribution >= 4 is 39.3 Å². The molecule has 5 heterocycles. The van der Waals surface area contributed by atoms with Crippen LogP contribution in [0.5, 0.6) is 0 Å². The van der Waals surface area contributed by atoms with Gasteiger partial charge in [-0.15, -0.1) is 0 Å². The number of amides is 1. The fraction of sp³-hybridized carbons (Fsp3) is 0.400. The molecule has 0 spiro atoms. The van der Waals surface area contributed by atoms with Crippen LogP contribution in [0.25, 0.3) is 16.8 Å². The van der Waals surface area contributed by atoms with E-state index in [-0.39, 0.29) is 24.2 Å². The molecular formula is C30H33FN8O2S. The Hall–Kier alpha value is -4.05. The Kier molecular flexibility index (Phi) is 7.81. The van der Waals surface area contributed by atoms with E-state index in [4.69, 9.17) is 10.1 Å². The molecule has 6 rings (SSSR count). The molecule has 0 radical (unpaired) electrons. The summed E-state index contributed by atoms with van der Waals surface area (Å²) in [7, 11) is 1.94. The molecule has 42 heavy (non-hydrogen) atoms. The Bertz CT molecular complexity index is 1630. The minimum Gasteiger partial charge on any atom is -0.396 e. The Morgan fingerprint density at radius 3 is 2.60 bits per heavy atom. The third-order valence-corrected chi connectivity index (χ3v) is 9.16. The molecule has 2 fully saturated rings. The van der Waals surface area contributed by atoms with Crippen LogP contribution in [0.3, 0.4) is 0 Å². The number of thiazole rings is 1. The van der Waals surface area contributed by atoms with Crippen LogP contribution in [0.4, 0.5) is 20.9 Å². The fourth-order valence-electron chi connectivity index (χ4n) is 5.64. The van der Waals surface area contributed by atoms with Gasteiger partial charge in [0.2, 0.25) is 5.91 Å². The van der Waals surface area contributed by atoms with E-state index >= 15 is 0 Å². The summed E-state index contributed by atoms with van der Waals surface area (Å²) in [5.41, 5.74) is 5.12. The highest BCUT2D eigenvalue weighted by Gasteiger charge is 2.31. The first-order chi connectivity index (χ1) is 20.4. The normalized spacial score (nSPS) is 16.1. The second-order valence-corrected chi connectivity index (χ2v) is 11.8. The van der Waals surface area contributed by atoms with Crippen LogP contribution < -0.4 is 9.80 Å². The van der Waals surface area contributed by atoms with Gasteiger partial charge in [-0.05, 0) is 42.8 Å². The molecule has 1 amide bonds. The highest BCUT2D eigenvalue weighted by molar-refractivity contribution is 7.16. The van der Waals surface area contributed by atoms with E-state index < -0.39 is 0 Å². The molecule has 2 saturated heterocycles. The zero-order chi connectivity index (χ0) is 29.4. The number of aliphatic hydroxyl groups excluding tert-OH is 1. The lowest BCUT2D eigenvalue weighted by atomic mass is 10.0. The number of likely N-dealkylation sites (tertiary alicyclic amines) is 1. The number of halogens is 1. The molecule has 0 bridgehead atoms. The van der Waals surface area contributed by atoms with E-state index in [1.165, 1.54) is 23.5 Å². The van der Waals surface area contributed by atoms with E-state index in [9.17, 15) is 19.6 Å². The molecule has 10 nitrogen and oxygen atoms in total. The van der Waals surface area contributed by atoms with E-state index in [1.54, 1.807) is 12.1 Å². The van der Waals surface area contributed by atoms with E-state index in [1.807, 2.05) is 27.6 Å². The van der Waals surface area contributed by atoms with Crippen molar-refractivity contribution in [2.24, 2.45) is 5.92 Å². The summed E-state index contributed by atoms with van der Waals surface area (Å²) in [5, 5.41) is 24.5. The molecule has 218 valence electrons. The van der Waals surface area contributed by atoms with Gasteiger partial charge in [0.1, 0.15) is 22.5 Å². The predicted octanol–water partition coefficient (Wildman–Crippen LogP) is 3.37. The number of benzene rings is 1. The van der Waals surface area contributed by atoms with E-state index in [0.29, 0.717) is 40.9 Å². The van der Waals surface area contributed by atoms with Crippen LogP contribution in [-0.2, 0) is 11.2 Å². The molecule has 0 atom stereocenters. The van der Waals surface area contributed by atoms with Gasteiger partial charge in [0.05, 0.1) is 23.4 Å². The SMILES string of the molecule is CCc1nn2ccc(N3CCN(CC(=O)N4CC(CO)C4)CC3)cc2c1N(C)c1nc(-c2ccc(F)cc2)c(C#N)s1. The van der Waals surface area contributed by atoms with Crippen LogP contribution in [0.1, 0.15) is 17.5 Å². The average molecular weight is 589 g/mol. The van der Waals surface area contributed by atoms with Crippen molar-refractivity contribution in [3.63, 3.8) is 0 Å². The fourth-order valence-corrected chi connectivity index (χ4v) is 6.50. The number of anilines is 3. The summed E-state index contributed by atoms with van der Waals surface area (Å²) in [5.74, 6) is 0.0262. The lowest BCUT2D eigenvalue weighted by molar-refractivity contribution is -0.139. The maximum absolute atomic E-state index is 13.5. The van der Waals surface area contributed by atoms with Crippen LogP contribution in [-0.4, -0.2) is 94.9 Å². The predicted molar refractivity (Wildman–Crippen MR) is 161 cm³/mol. The third kappa shape index (κ3) is 5.31. The molecule has 12 heteroatoms. The minimum atomic E-state index is -0.335. The molecule has 1 aromatic carbocycles. The Labute approximate surface area is 247 Å². The second-order valence-electron chi connectivity index (χ2n) is 10.8. The minimum absolute atomic E-state index is 0.137. The van der Waals surface area contributed by atoms with Crippen molar-refractivity contribution < 1.29 is 14.3 Å². The van der Waals surface area contributed by atoms with Gasteiger partial charge in [0.25, 0.3) is 0 Å². The number of hydrogen-bond acceptors (Lipinski definition) is 9.